The van der Waals surface area contributed by atoms with Crippen molar-refractivity contribution >= 4 is 11.8 Å². The molecule has 2 atom stereocenters. The molecule has 1 amide bonds. The first kappa shape index (κ1) is 17.2. The number of carbonyl (C=O) groups excluding carboxylic acids is 1. The molecule has 2 N–H and O–H groups in total. The quantitative estimate of drug-likeness (QED) is 0.599. The van der Waals surface area contributed by atoms with Crippen molar-refractivity contribution in [2.75, 3.05) is 31.6 Å². The minimum Gasteiger partial charge on any atom is -0.453 e. The summed E-state index contributed by atoms with van der Waals surface area (Å²) < 4.78 is 4.54. The summed E-state index contributed by atoms with van der Waals surface area (Å²) in [5, 5.41) is 6.04. The van der Waals surface area contributed by atoms with Crippen LogP contribution in [0.25, 0.3) is 0 Å². The van der Waals surface area contributed by atoms with Gasteiger partial charge in [-0.15, -0.1) is 0 Å². The van der Waals surface area contributed by atoms with Gasteiger partial charge in [-0.1, -0.05) is 12.1 Å². The van der Waals surface area contributed by atoms with Gasteiger partial charge < -0.3 is 20.3 Å². The zero-order chi connectivity index (χ0) is 17.6. The average Bonchev–Trinajstić information content (AvgIpc) is 3.46. The van der Waals surface area contributed by atoms with Crippen LogP contribution in [0, 0.1) is 0 Å². The molecule has 0 spiro atoms. The standard InChI is InChI=1S/C19H24N4O2/c1-14(21-11-12-22-19(24)25-2)15-3-5-17(6-4-15)23-13-18(23)16-7-9-20-10-8-16/h3-10,14,18,21H,11-13H2,1-2H3,(H,22,24). The fourth-order valence-electron chi connectivity index (χ4n) is 2.89. The first-order valence-corrected chi connectivity index (χ1v) is 8.51. The Morgan fingerprint density at radius 2 is 1.96 bits per heavy atom. The highest BCUT2D eigenvalue weighted by Gasteiger charge is 2.35. The fourth-order valence-corrected chi connectivity index (χ4v) is 2.89. The van der Waals surface area contributed by atoms with Gasteiger partial charge in [-0.05, 0) is 42.3 Å². The average molecular weight is 340 g/mol. The summed E-state index contributed by atoms with van der Waals surface area (Å²) in [6, 6.07) is 13.5. The number of pyridine rings is 1. The van der Waals surface area contributed by atoms with Crippen molar-refractivity contribution in [1.82, 2.24) is 15.6 Å². The van der Waals surface area contributed by atoms with Crippen LogP contribution in [0.2, 0.25) is 0 Å². The van der Waals surface area contributed by atoms with Gasteiger partial charge in [-0.2, -0.15) is 0 Å². The van der Waals surface area contributed by atoms with Gasteiger partial charge in [0.15, 0.2) is 0 Å². The highest BCUT2D eigenvalue weighted by molar-refractivity contribution is 5.66. The minimum atomic E-state index is -0.402. The molecule has 0 bridgehead atoms. The number of benzene rings is 1. The molecule has 132 valence electrons. The second-order valence-corrected chi connectivity index (χ2v) is 6.13. The van der Waals surface area contributed by atoms with E-state index in [1.807, 2.05) is 12.4 Å². The van der Waals surface area contributed by atoms with E-state index in [-0.39, 0.29) is 6.04 Å². The van der Waals surface area contributed by atoms with E-state index in [2.05, 4.69) is 68.6 Å². The molecule has 2 heterocycles. The van der Waals surface area contributed by atoms with E-state index in [9.17, 15) is 4.79 Å². The number of alkyl carbamates (subject to hydrolysis) is 1. The summed E-state index contributed by atoms with van der Waals surface area (Å²) >= 11 is 0. The van der Waals surface area contributed by atoms with E-state index < -0.39 is 6.09 Å². The SMILES string of the molecule is COC(=O)NCCNC(C)c1ccc(N2CC2c2ccncc2)cc1. The zero-order valence-electron chi connectivity index (χ0n) is 14.6. The molecule has 0 saturated carbocycles. The molecule has 6 heteroatoms. The second kappa shape index (κ2) is 7.98. The smallest absolute Gasteiger partial charge is 0.406 e. The largest absolute Gasteiger partial charge is 0.453 e. The summed E-state index contributed by atoms with van der Waals surface area (Å²) in [5.41, 5.74) is 3.78. The Hall–Kier alpha value is -2.60. The Morgan fingerprint density at radius 1 is 1.24 bits per heavy atom. The maximum atomic E-state index is 11.0. The fraction of sp³-hybridized carbons (Fsp3) is 0.368. The third-order valence-corrected chi connectivity index (χ3v) is 4.46. The highest BCUT2D eigenvalue weighted by Crippen LogP contribution is 2.39. The molecule has 0 radical (unpaired) electrons. The van der Waals surface area contributed by atoms with Crippen molar-refractivity contribution in [2.24, 2.45) is 0 Å². The number of ether oxygens (including phenoxy) is 1. The summed E-state index contributed by atoms with van der Waals surface area (Å²) in [6.07, 6.45) is 3.29. The molecule has 0 aliphatic carbocycles. The second-order valence-electron chi connectivity index (χ2n) is 6.13. The summed E-state index contributed by atoms with van der Waals surface area (Å²) in [7, 11) is 1.36. The molecular formula is C19H24N4O2. The van der Waals surface area contributed by atoms with Crippen LogP contribution in [0.3, 0.4) is 0 Å². The number of nitrogens with one attached hydrogen (secondary N) is 2. The lowest BCUT2D eigenvalue weighted by Crippen LogP contribution is -2.32. The first-order chi connectivity index (χ1) is 12.2. The third-order valence-electron chi connectivity index (χ3n) is 4.46. The van der Waals surface area contributed by atoms with E-state index in [0.717, 1.165) is 6.54 Å². The number of carbonyl (C=O) groups is 1. The predicted molar refractivity (Wildman–Crippen MR) is 97.6 cm³/mol. The summed E-state index contributed by atoms with van der Waals surface area (Å²) in [4.78, 5) is 17.4. The Morgan fingerprint density at radius 3 is 2.64 bits per heavy atom. The molecule has 1 aliphatic heterocycles. The van der Waals surface area contributed by atoms with Crippen LogP contribution in [0.15, 0.2) is 48.8 Å². The van der Waals surface area contributed by atoms with Gasteiger partial charge in [0, 0.05) is 43.8 Å². The molecule has 1 saturated heterocycles. The van der Waals surface area contributed by atoms with Crippen LogP contribution in [0.1, 0.15) is 30.1 Å². The molecule has 6 nitrogen and oxygen atoms in total. The van der Waals surface area contributed by atoms with Crippen LogP contribution in [-0.2, 0) is 4.74 Å². The molecule has 25 heavy (non-hydrogen) atoms. The number of aromatic nitrogens is 1. The molecule has 2 aromatic rings. The Labute approximate surface area is 148 Å². The van der Waals surface area contributed by atoms with E-state index in [4.69, 9.17) is 0 Å². The van der Waals surface area contributed by atoms with Crippen LogP contribution < -0.4 is 15.5 Å². The van der Waals surface area contributed by atoms with E-state index in [1.165, 1.54) is 23.9 Å². The van der Waals surface area contributed by atoms with E-state index >= 15 is 0 Å². The number of hydrogen-bond donors (Lipinski definition) is 2. The van der Waals surface area contributed by atoms with Crippen LogP contribution in [0.4, 0.5) is 10.5 Å². The summed E-state index contributed by atoms with van der Waals surface area (Å²) in [6.45, 7) is 4.39. The monoisotopic (exact) mass is 340 g/mol. The van der Waals surface area contributed by atoms with Crippen molar-refractivity contribution in [3.8, 4) is 0 Å². The Kier molecular flexibility index (Phi) is 5.50. The number of nitrogens with zero attached hydrogens (tertiary/aromatic N) is 2. The maximum absolute atomic E-state index is 11.0. The van der Waals surface area contributed by atoms with Crippen molar-refractivity contribution < 1.29 is 9.53 Å². The molecule has 1 fully saturated rings. The predicted octanol–water partition coefficient (Wildman–Crippen LogP) is 2.65. The van der Waals surface area contributed by atoms with Gasteiger partial charge in [0.05, 0.1) is 13.2 Å². The van der Waals surface area contributed by atoms with Gasteiger partial charge >= 0.3 is 6.09 Å². The summed E-state index contributed by atoms with van der Waals surface area (Å²) in [5.74, 6) is 0. The maximum Gasteiger partial charge on any atom is 0.406 e. The third kappa shape index (κ3) is 4.48. The van der Waals surface area contributed by atoms with E-state index in [0.29, 0.717) is 19.1 Å². The number of amides is 1. The van der Waals surface area contributed by atoms with Crippen molar-refractivity contribution in [3.05, 3.63) is 59.9 Å². The van der Waals surface area contributed by atoms with Crippen molar-refractivity contribution in [3.63, 3.8) is 0 Å². The highest BCUT2D eigenvalue weighted by atomic mass is 16.5. The minimum absolute atomic E-state index is 0.221. The topological polar surface area (TPSA) is 66.3 Å². The number of anilines is 1. The van der Waals surface area contributed by atoms with Crippen molar-refractivity contribution in [1.29, 1.82) is 0 Å². The lowest BCUT2D eigenvalue weighted by molar-refractivity contribution is 0.171. The zero-order valence-corrected chi connectivity index (χ0v) is 14.6. The van der Waals surface area contributed by atoms with Crippen LogP contribution in [0.5, 0.6) is 0 Å². The lowest BCUT2D eigenvalue weighted by atomic mass is 10.1. The van der Waals surface area contributed by atoms with Gasteiger partial charge in [0.25, 0.3) is 0 Å². The van der Waals surface area contributed by atoms with E-state index in [1.54, 1.807) is 0 Å². The van der Waals surface area contributed by atoms with Gasteiger partial charge in [0.1, 0.15) is 0 Å². The Balaban J connectivity index is 1.48. The molecule has 2 unspecified atom stereocenters. The van der Waals surface area contributed by atoms with Gasteiger partial charge in [0.2, 0.25) is 0 Å². The molecule has 3 rings (SSSR count). The molecular weight excluding hydrogens is 316 g/mol. The van der Waals surface area contributed by atoms with Gasteiger partial charge in [-0.25, -0.2) is 4.79 Å². The lowest BCUT2D eigenvalue weighted by Gasteiger charge is -2.15. The van der Waals surface area contributed by atoms with Gasteiger partial charge in [-0.3, -0.25) is 4.98 Å². The number of methoxy groups -OCH3 is 1. The molecule has 1 aromatic heterocycles. The van der Waals surface area contributed by atoms with Crippen molar-refractivity contribution in [2.45, 2.75) is 19.0 Å². The number of hydrogen-bond acceptors (Lipinski definition) is 5. The van der Waals surface area contributed by atoms with Crippen LogP contribution in [-0.4, -0.2) is 37.8 Å². The Bertz CT molecular complexity index is 690. The normalized spacial score (nSPS) is 17.0. The molecule has 1 aromatic carbocycles. The molecule has 1 aliphatic rings. The first-order valence-electron chi connectivity index (χ1n) is 8.51. The van der Waals surface area contributed by atoms with Crippen LogP contribution >= 0.6 is 0 Å². The number of rotatable bonds is 7.